The van der Waals surface area contributed by atoms with Crippen LogP contribution in [0.15, 0.2) is 41.8 Å². The molecule has 3 aromatic rings. The van der Waals surface area contributed by atoms with Crippen LogP contribution in [0.3, 0.4) is 0 Å². The summed E-state index contributed by atoms with van der Waals surface area (Å²) >= 11 is 1.48. The zero-order valence-corrected chi connectivity index (χ0v) is 17.0. The van der Waals surface area contributed by atoms with Crippen LogP contribution in [0.2, 0.25) is 0 Å². The molecule has 5 rings (SSSR count). The highest BCUT2D eigenvalue weighted by Crippen LogP contribution is 2.31. The molecule has 2 fully saturated rings. The Bertz CT molecular complexity index is 1080. The van der Waals surface area contributed by atoms with Gasteiger partial charge in [0.1, 0.15) is 5.82 Å². The normalized spacial score (nSPS) is 16.7. The number of aromatic nitrogens is 3. The largest absolute Gasteiger partial charge is 0.339 e. The van der Waals surface area contributed by atoms with Crippen LogP contribution in [0.1, 0.15) is 23.5 Å². The van der Waals surface area contributed by atoms with E-state index < -0.39 is 0 Å². The Hall–Kier alpha value is -3.07. The standard InChI is InChI=1S/C21H20FN5O2S/c22-15-3-1-4-16(13-15)27-19(17-5-2-12-30-17)23-18(24-27)21(29)26-10-8-25(9-11-26)20(28)14-6-7-14/h1-5,12-14H,6-11H2. The Balaban J connectivity index is 1.40. The molecule has 1 saturated carbocycles. The maximum atomic E-state index is 13.8. The van der Waals surface area contributed by atoms with Crippen molar-refractivity contribution in [3.05, 3.63) is 53.4 Å². The van der Waals surface area contributed by atoms with Crippen molar-refractivity contribution in [2.24, 2.45) is 5.92 Å². The third-order valence-corrected chi connectivity index (χ3v) is 6.26. The van der Waals surface area contributed by atoms with Crippen LogP contribution < -0.4 is 0 Å². The number of amides is 2. The van der Waals surface area contributed by atoms with Gasteiger partial charge in [-0.2, -0.15) is 0 Å². The SMILES string of the molecule is O=C(c1nc(-c2cccs2)n(-c2cccc(F)c2)n1)N1CCN(C(=O)C2CC2)CC1. The third-order valence-electron chi connectivity index (χ3n) is 5.40. The Morgan fingerprint density at radius 2 is 1.80 bits per heavy atom. The van der Waals surface area contributed by atoms with Gasteiger partial charge in [0, 0.05) is 32.1 Å². The van der Waals surface area contributed by atoms with Crippen molar-refractivity contribution in [1.29, 1.82) is 0 Å². The van der Waals surface area contributed by atoms with E-state index in [9.17, 15) is 14.0 Å². The molecule has 7 nitrogen and oxygen atoms in total. The zero-order chi connectivity index (χ0) is 20.7. The number of halogens is 1. The van der Waals surface area contributed by atoms with Crippen molar-refractivity contribution >= 4 is 23.2 Å². The van der Waals surface area contributed by atoms with Crippen molar-refractivity contribution < 1.29 is 14.0 Å². The average Bonchev–Trinajstić information content (AvgIpc) is 3.29. The Kier molecular flexibility index (Phi) is 4.82. The lowest BCUT2D eigenvalue weighted by Gasteiger charge is -2.34. The molecule has 1 aromatic carbocycles. The molecule has 1 aliphatic carbocycles. The molecule has 0 unspecified atom stereocenters. The summed E-state index contributed by atoms with van der Waals surface area (Å²) in [5, 5.41) is 6.33. The number of nitrogens with zero attached hydrogens (tertiary/aromatic N) is 5. The summed E-state index contributed by atoms with van der Waals surface area (Å²) in [4.78, 5) is 34.2. The van der Waals surface area contributed by atoms with Crippen molar-refractivity contribution in [3.63, 3.8) is 0 Å². The number of benzene rings is 1. The third kappa shape index (κ3) is 3.60. The summed E-state index contributed by atoms with van der Waals surface area (Å²) in [6.45, 7) is 1.98. The van der Waals surface area contributed by atoms with Gasteiger partial charge in [-0.3, -0.25) is 9.59 Å². The summed E-state index contributed by atoms with van der Waals surface area (Å²) in [6.07, 6.45) is 1.95. The Morgan fingerprint density at radius 1 is 1.03 bits per heavy atom. The first-order valence-electron chi connectivity index (χ1n) is 9.95. The van der Waals surface area contributed by atoms with Gasteiger partial charge >= 0.3 is 0 Å². The van der Waals surface area contributed by atoms with E-state index in [2.05, 4.69) is 10.1 Å². The maximum absolute atomic E-state index is 13.8. The number of hydrogen-bond donors (Lipinski definition) is 0. The van der Waals surface area contributed by atoms with Gasteiger partial charge in [-0.1, -0.05) is 12.1 Å². The lowest BCUT2D eigenvalue weighted by molar-refractivity contribution is -0.134. The van der Waals surface area contributed by atoms with Crippen LogP contribution in [0, 0.1) is 11.7 Å². The van der Waals surface area contributed by atoms with E-state index in [0.717, 1.165) is 17.7 Å². The number of piperazine rings is 1. The van der Waals surface area contributed by atoms with E-state index >= 15 is 0 Å². The van der Waals surface area contributed by atoms with Gasteiger partial charge in [-0.15, -0.1) is 16.4 Å². The highest BCUT2D eigenvalue weighted by Gasteiger charge is 2.35. The first-order valence-corrected chi connectivity index (χ1v) is 10.8. The lowest BCUT2D eigenvalue weighted by Crippen LogP contribution is -2.51. The van der Waals surface area contributed by atoms with E-state index in [1.807, 2.05) is 22.4 Å². The second kappa shape index (κ2) is 7.64. The van der Waals surface area contributed by atoms with Gasteiger partial charge in [0.2, 0.25) is 11.7 Å². The molecule has 3 heterocycles. The lowest BCUT2D eigenvalue weighted by atomic mass is 10.2. The number of rotatable bonds is 4. The first kappa shape index (κ1) is 18.9. The molecule has 0 N–H and O–H groups in total. The van der Waals surface area contributed by atoms with Gasteiger partial charge < -0.3 is 9.80 Å². The van der Waals surface area contributed by atoms with Crippen LogP contribution in [-0.2, 0) is 4.79 Å². The van der Waals surface area contributed by atoms with Crippen LogP contribution >= 0.6 is 11.3 Å². The Labute approximate surface area is 176 Å². The summed E-state index contributed by atoms with van der Waals surface area (Å²) < 4.78 is 15.3. The van der Waals surface area contributed by atoms with Crippen molar-refractivity contribution in [2.45, 2.75) is 12.8 Å². The zero-order valence-electron chi connectivity index (χ0n) is 16.2. The molecular formula is C21H20FN5O2S. The van der Waals surface area contributed by atoms with Crippen molar-refractivity contribution in [2.75, 3.05) is 26.2 Å². The number of hydrogen-bond acceptors (Lipinski definition) is 5. The van der Waals surface area contributed by atoms with E-state index in [0.29, 0.717) is 37.7 Å². The van der Waals surface area contributed by atoms with Gasteiger partial charge in [-0.25, -0.2) is 14.1 Å². The van der Waals surface area contributed by atoms with Gasteiger partial charge in [-0.05, 0) is 42.5 Å². The highest BCUT2D eigenvalue weighted by atomic mass is 32.1. The Morgan fingerprint density at radius 3 is 2.47 bits per heavy atom. The number of thiophene rings is 1. The highest BCUT2D eigenvalue weighted by molar-refractivity contribution is 7.13. The van der Waals surface area contributed by atoms with Gasteiger partial charge in [0.05, 0.1) is 10.6 Å². The fourth-order valence-electron chi connectivity index (χ4n) is 3.62. The molecule has 0 bridgehead atoms. The molecule has 0 radical (unpaired) electrons. The summed E-state index contributed by atoms with van der Waals surface area (Å²) in [5.74, 6) is 0.303. The molecule has 1 saturated heterocycles. The van der Waals surface area contributed by atoms with Crippen molar-refractivity contribution in [1.82, 2.24) is 24.6 Å². The predicted octanol–water partition coefficient (Wildman–Crippen LogP) is 2.83. The molecule has 0 atom stereocenters. The van der Waals surface area contributed by atoms with Crippen molar-refractivity contribution in [3.8, 4) is 16.4 Å². The van der Waals surface area contributed by atoms with Gasteiger partial charge in [0.15, 0.2) is 5.82 Å². The topological polar surface area (TPSA) is 71.3 Å². The molecule has 0 spiro atoms. The molecule has 1 aliphatic heterocycles. The number of carbonyl (C=O) groups is 2. The maximum Gasteiger partial charge on any atom is 0.293 e. The van der Waals surface area contributed by atoms with E-state index in [4.69, 9.17) is 0 Å². The van der Waals surface area contributed by atoms with Crippen LogP contribution in [0.25, 0.3) is 16.4 Å². The van der Waals surface area contributed by atoms with Crippen LogP contribution in [0.5, 0.6) is 0 Å². The number of carbonyl (C=O) groups excluding carboxylic acids is 2. The molecule has 9 heteroatoms. The summed E-state index contributed by atoms with van der Waals surface area (Å²) in [7, 11) is 0. The molecule has 30 heavy (non-hydrogen) atoms. The van der Waals surface area contributed by atoms with E-state index in [-0.39, 0.29) is 29.4 Å². The molecule has 2 aliphatic rings. The molecule has 2 aromatic heterocycles. The molecule has 2 amide bonds. The predicted molar refractivity (Wildman–Crippen MR) is 110 cm³/mol. The minimum atomic E-state index is -0.385. The minimum absolute atomic E-state index is 0.0737. The van der Waals surface area contributed by atoms with E-state index in [1.54, 1.807) is 17.0 Å². The smallest absolute Gasteiger partial charge is 0.293 e. The summed E-state index contributed by atoms with van der Waals surface area (Å²) in [5.41, 5.74) is 0.504. The molecular weight excluding hydrogens is 405 g/mol. The fourth-order valence-corrected chi connectivity index (χ4v) is 4.31. The minimum Gasteiger partial charge on any atom is -0.339 e. The monoisotopic (exact) mass is 425 g/mol. The van der Waals surface area contributed by atoms with Crippen LogP contribution in [-0.4, -0.2) is 62.6 Å². The van der Waals surface area contributed by atoms with Gasteiger partial charge in [0.25, 0.3) is 5.91 Å². The average molecular weight is 425 g/mol. The molecule has 154 valence electrons. The second-order valence-electron chi connectivity index (χ2n) is 7.52. The second-order valence-corrected chi connectivity index (χ2v) is 8.47. The van der Waals surface area contributed by atoms with Crippen LogP contribution in [0.4, 0.5) is 4.39 Å². The quantitative estimate of drug-likeness (QED) is 0.645. The van der Waals surface area contributed by atoms with E-state index in [1.165, 1.54) is 28.2 Å². The fraction of sp³-hybridized carbons (Fsp3) is 0.333. The first-order chi connectivity index (χ1) is 14.6. The summed E-state index contributed by atoms with van der Waals surface area (Å²) in [6, 6.07) is 9.83.